The van der Waals surface area contributed by atoms with E-state index in [1.807, 2.05) is 6.92 Å². The fourth-order valence-corrected chi connectivity index (χ4v) is 2.19. The van der Waals surface area contributed by atoms with Crippen LogP contribution in [0.25, 0.3) is 0 Å². The largest absolute Gasteiger partial charge is 0.360 e. The molecule has 3 unspecified atom stereocenters. The summed E-state index contributed by atoms with van der Waals surface area (Å²) in [5.41, 5.74) is 0. The summed E-state index contributed by atoms with van der Waals surface area (Å²) >= 11 is 0. The van der Waals surface area contributed by atoms with E-state index in [0.717, 1.165) is 25.2 Å². The van der Waals surface area contributed by atoms with Crippen LogP contribution in [0.5, 0.6) is 0 Å². The number of ether oxygens (including phenoxy) is 1. The quantitative estimate of drug-likeness (QED) is 0.689. The van der Waals surface area contributed by atoms with Gasteiger partial charge < -0.3 is 4.74 Å². The lowest BCUT2D eigenvalue weighted by atomic mass is 9.85. The predicted molar refractivity (Wildman–Crippen MR) is 56.8 cm³/mol. The number of rotatable bonds is 4. The van der Waals surface area contributed by atoms with E-state index < -0.39 is 0 Å². The summed E-state index contributed by atoms with van der Waals surface area (Å²) < 4.78 is 5.76. The van der Waals surface area contributed by atoms with Gasteiger partial charge >= 0.3 is 0 Å². The first-order valence-corrected chi connectivity index (χ1v) is 5.85. The first kappa shape index (κ1) is 11.5. The van der Waals surface area contributed by atoms with Crippen LogP contribution >= 0.6 is 0 Å². The molecule has 0 aromatic heterocycles. The maximum atomic E-state index is 8.80. The highest BCUT2D eigenvalue weighted by Crippen LogP contribution is 2.29. The van der Waals surface area contributed by atoms with Gasteiger partial charge in [-0.2, -0.15) is 5.26 Å². The van der Waals surface area contributed by atoms with Gasteiger partial charge in [0, 0.05) is 0 Å². The van der Waals surface area contributed by atoms with Gasteiger partial charge in [-0.3, -0.25) is 0 Å². The topological polar surface area (TPSA) is 33.0 Å². The normalized spacial score (nSPS) is 29.5. The van der Waals surface area contributed by atoms with Gasteiger partial charge in [-0.15, -0.1) is 0 Å². The molecule has 1 aliphatic carbocycles. The lowest BCUT2D eigenvalue weighted by Gasteiger charge is -2.29. The van der Waals surface area contributed by atoms with E-state index in [1.54, 1.807) is 0 Å². The SMILES string of the molecule is CCC1CCCC(OC(C#N)CC)C1. The molecule has 0 saturated heterocycles. The molecule has 0 N–H and O–H groups in total. The molecule has 0 aromatic carbocycles. The molecule has 1 rings (SSSR count). The molecule has 2 nitrogen and oxygen atoms in total. The summed E-state index contributed by atoms with van der Waals surface area (Å²) in [5.74, 6) is 0.824. The van der Waals surface area contributed by atoms with Crippen molar-refractivity contribution in [1.29, 1.82) is 5.26 Å². The van der Waals surface area contributed by atoms with Gasteiger partial charge in [0.1, 0.15) is 6.10 Å². The molecule has 0 amide bonds. The average Bonchev–Trinajstić information content (AvgIpc) is 2.26. The Hall–Kier alpha value is -0.550. The van der Waals surface area contributed by atoms with Crippen molar-refractivity contribution in [3.05, 3.63) is 0 Å². The summed E-state index contributed by atoms with van der Waals surface area (Å²) in [6.07, 6.45) is 7.15. The van der Waals surface area contributed by atoms with Crippen molar-refractivity contribution in [3.63, 3.8) is 0 Å². The zero-order valence-corrected chi connectivity index (χ0v) is 9.33. The van der Waals surface area contributed by atoms with E-state index >= 15 is 0 Å². The number of hydrogen-bond acceptors (Lipinski definition) is 2. The fraction of sp³-hybridized carbons (Fsp3) is 0.917. The molecular formula is C12H21NO. The van der Waals surface area contributed by atoms with E-state index in [0.29, 0.717) is 6.10 Å². The third kappa shape index (κ3) is 3.31. The summed E-state index contributed by atoms with van der Waals surface area (Å²) in [4.78, 5) is 0. The Morgan fingerprint density at radius 2 is 2.21 bits per heavy atom. The van der Waals surface area contributed by atoms with Gasteiger partial charge in [0.25, 0.3) is 0 Å². The number of hydrogen-bond donors (Lipinski definition) is 0. The highest BCUT2D eigenvalue weighted by atomic mass is 16.5. The molecule has 1 fully saturated rings. The van der Waals surface area contributed by atoms with Crippen LogP contribution in [-0.4, -0.2) is 12.2 Å². The third-order valence-corrected chi connectivity index (χ3v) is 3.18. The molecule has 3 atom stereocenters. The summed E-state index contributed by atoms with van der Waals surface area (Å²) in [6.45, 7) is 4.25. The van der Waals surface area contributed by atoms with Crippen LogP contribution in [0.2, 0.25) is 0 Å². The number of nitriles is 1. The second-order valence-electron chi connectivity index (χ2n) is 4.22. The second-order valence-corrected chi connectivity index (χ2v) is 4.22. The summed E-state index contributed by atoms with van der Waals surface area (Å²) in [6, 6.07) is 2.21. The maximum Gasteiger partial charge on any atom is 0.144 e. The van der Waals surface area contributed by atoms with E-state index in [4.69, 9.17) is 10.00 Å². The minimum absolute atomic E-state index is 0.185. The van der Waals surface area contributed by atoms with Crippen LogP contribution in [-0.2, 0) is 4.74 Å². The predicted octanol–water partition coefficient (Wildman–Crippen LogP) is 3.27. The van der Waals surface area contributed by atoms with Crippen molar-refractivity contribution < 1.29 is 4.74 Å². The van der Waals surface area contributed by atoms with Crippen molar-refractivity contribution >= 4 is 0 Å². The zero-order chi connectivity index (χ0) is 10.4. The molecule has 1 aliphatic rings. The Kier molecular flexibility index (Phi) is 4.97. The smallest absolute Gasteiger partial charge is 0.144 e. The Morgan fingerprint density at radius 3 is 2.79 bits per heavy atom. The first-order chi connectivity index (χ1) is 6.80. The van der Waals surface area contributed by atoms with Crippen LogP contribution in [0.15, 0.2) is 0 Å². The van der Waals surface area contributed by atoms with Crippen LogP contribution < -0.4 is 0 Å². The van der Waals surface area contributed by atoms with Crippen LogP contribution in [0, 0.1) is 17.2 Å². The molecule has 0 bridgehead atoms. The molecule has 80 valence electrons. The lowest BCUT2D eigenvalue weighted by molar-refractivity contribution is -0.0177. The van der Waals surface area contributed by atoms with Crippen molar-refractivity contribution in [2.24, 2.45) is 5.92 Å². The van der Waals surface area contributed by atoms with E-state index in [9.17, 15) is 0 Å². The maximum absolute atomic E-state index is 8.80. The van der Waals surface area contributed by atoms with Crippen LogP contribution in [0.1, 0.15) is 52.4 Å². The van der Waals surface area contributed by atoms with Crippen LogP contribution in [0.4, 0.5) is 0 Å². The fourth-order valence-electron chi connectivity index (χ4n) is 2.19. The summed E-state index contributed by atoms with van der Waals surface area (Å²) in [7, 11) is 0. The van der Waals surface area contributed by atoms with Crippen molar-refractivity contribution in [2.75, 3.05) is 0 Å². The minimum atomic E-state index is -0.185. The Balaban J connectivity index is 2.33. The highest BCUT2D eigenvalue weighted by Gasteiger charge is 2.23. The van der Waals surface area contributed by atoms with Gasteiger partial charge in [-0.25, -0.2) is 0 Å². The molecule has 0 heterocycles. The van der Waals surface area contributed by atoms with E-state index in [1.165, 1.54) is 19.3 Å². The monoisotopic (exact) mass is 195 g/mol. The van der Waals surface area contributed by atoms with Crippen molar-refractivity contribution in [2.45, 2.75) is 64.6 Å². The Labute approximate surface area is 87.3 Å². The molecule has 0 aliphatic heterocycles. The van der Waals surface area contributed by atoms with Gasteiger partial charge in [0.15, 0.2) is 0 Å². The second kappa shape index (κ2) is 6.03. The minimum Gasteiger partial charge on any atom is -0.360 e. The van der Waals surface area contributed by atoms with Gasteiger partial charge in [-0.05, 0) is 25.2 Å². The molecule has 0 spiro atoms. The molecule has 1 saturated carbocycles. The first-order valence-electron chi connectivity index (χ1n) is 5.85. The molecule has 0 radical (unpaired) electrons. The third-order valence-electron chi connectivity index (χ3n) is 3.18. The average molecular weight is 195 g/mol. The standard InChI is InChI=1S/C12H21NO/c1-3-10-6-5-7-12(8-10)14-11(4-2)9-13/h10-12H,3-8H2,1-2H3. The number of nitrogens with zero attached hydrogens (tertiary/aromatic N) is 1. The molecule has 2 heteroatoms. The van der Waals surface area contributed by atoms with E-state index in [-0.39, 0.29) is 6.10 Å². The van der Waals surface area contributed by atoms with Gasteiger partial charge in [-0.1, -0.05) is 33.1 Å². The van der Waals surface area contributed by atoms with Crippen LogP contribution in [0.3, 0.4) is 0 Å². The Bertz CT molecular complexity index is 197. The lowest BCUT2D eigenvalue weighted by Crippen LogP contribution is -2.26. The molecule has 14 heavy (non-hydrogen) atoms. The Morgan fingerprint density at radius 1 is 1.43 bits per heavy atom. The van der Waals surface area contributed by atoms with E-state index in [2.05, 4.69) is 13.0 Å². The van der Waals surface area contributed by atoms with Gasteiger partial charge in [0.05, 0.1) is 12.2 Å². The summed E-state index contributed by atoms with van der Waals surface area (Å²) in [5, 5.41) is 8.80. The van der Waals surface area contributed by atoms with Gasteiger partial charge in [0.2, 0.25) is 0 Å². The molecule has 0 aromatic rings. The van der Waals surface area contributed by atoms with Crippen molar-refractivity contribution in [3.8, 4) is 6.07 Å². The van der Waals surface area contributed by atoms with Crippen molar-refractivity contribution in [1.82, 2.24) is 0 Å². The zero-order valence-electron chi connectivity index (χ0n) is 9.33. The highest BCUT2D eigenvalue weighted by molar-refractivity contribution is 4.85. The molecular weight excluding hydrogens is 174 g/mol.